The number of benzene rings is 1. The summed E-state index contributed by atoms with van der Waals surface area (Å²) in [5, 5.41) is 8.23. The highest BCUT2D eigenvalue weighted by Crippen LogP contribution is 2.13. The highest BCUT2D eigenvalue weighted by Gasteiger charge is 2.00. The molecule has 0 amide bonds. The van der Waals surface area contributed by atoms with Crippen molar-refractivity contribution in [2.45, 2.75) is 0 Å². The maximum Gasteiger partial charge on any atom is 0.228 e. The fraction of sp³-hybridized carbons (Fsp3) is 0.111. The van der Waals surface area contributed by atoms with Crippen molar-refractivity contribution in [3.63, 3.8) is 0 Å². The number of carbonyl (C=O) groups is 1. The van der Waals surface area contributed by atoms with Crippen molar-refractivity contribution in [2.75, 3.05) is 6.61 Å². The van der Waals surface area contributed by atoms with Gasteiger partial charge in [0.1, 0.15) is 11.8 Å². The lowest BCUT2D eigenvalue weighted by Crippen LogP contribution is -1.94. The predicted molar refractivity (Wildman–Crippen MR) is 50.8 cm³/mol. The van der Waals surface area contributed by atoms with E-state index in [9.17, 15) is 4.79 Å². The van der Waals surface area contributed by atoms with Crippen LogP contribution < -0.4 is 4.74 Å². The Morgan fingerprint density at radius 3 is 2.54 bits per heavy atom. The number of nitrogens with zero attached hydrogens (tertiary/aromatic N) is 1. The van der Waals surface area contributed by atoms with Gasteiger partial charge in [-0.1, -0.05) is 0 Å². The fourth-order valence-corrected chi connectivity index (χ4v) is 1.06. The topological polar surface area (TPSA) is 50.1 Å². The lowest BCUT2D eigenvalue weighted by Gasteiger charge is -2.00. The molecule has 13 heavy (non-hydrogen) atoms. The normalized spacial score (nSPS) is 8.92. The molecule has 0 aliphatic heterocycles. The number of hydrogen-bond donors (Lipinski definition) is 0. The van der Waals surface area contributed by atoms with Crippen LogP contribution in [0.15, 0.2) is 24.3 Å². The van der Waals surface area contributed by atoms with Gasteiger partial charge in [-0.05, 0) is 40.2 Å². The Balaban J connectivity index is 2.71. The van der Waals surface area contributed by atoms with Crippen LogP contribution >= 0.6 is 15.9 Å². The van der Waals surface area contributed by atoms with E-state index in [-0.39, 0.29) is 11.3 Å². The van der Waals surface area contributed by atoms with Crippen molar-refractivity contribution < 1.29 is 9.53 Å². The molecule has 0 saturated heterocycles. The number of rotatable bonds is 3. The minimum absolute atomic E-state index is 0.0155. The molecule has 0 heterocycles. The standard InChI is InChI=1S/C9H6BrNO2/c10-9(12)7-1-3-8(4-2-7)13-6-5-11/h1-4H,6H2. The second kappa shape index (κ2) is 4.63. The van der Waals surface area contributed by atoms with Crippen LogP contribution in [0, 0.1) is 11.3 Å². The van der Waals surface area contributed by atoms with Gasteiger partial charge < -0.3 is 4.74 Å². The molecule has 0 aromatic heterocycles. The largest absolute Gasteiger partial charge is 0.479 e. The van der Waals surface area contributed by atoms with E-state index in [4.69, 9.17) is 10.00 Å². The summed E-state index contributed by atoms with van der Waals surface area (Å²) in [6.45, 7) is 0.0155. The number of ether oxygens (including phenoxy) is 1. The van der Waals surface area contributed by atoms with Gasteiger partial charge in [0.2, 0.25) is 4.69 Å². The van der Waals surface area contributed by atoms with E-state index in [1.165, 1.54) is 0 Å². The summed E-state index contributed by atoms with van der Waals surface area (Å²) in [5.41, 5.74) is 0.560. The third kappa shape index (κ3) is 2.88. The second-order valence-electron chi connectivity index (χ2n) is 2.24. The number of hydrogen-bond acceptors (Lipinski definition) is 3. The molecule has 0 aliphatic carbocycles. The van der Waals surface area contributed by atoms with Gasteiger partial charge in [0, 0.05) is 5.56 Å². The zero-order chi connectivity index (χ0) is 9.68. The zero-order valence-corrected chi connectivity index (χ0v) is 8.24. The van der Waals surface area contributed by atoms with Crippen molar-refractivity contribution in [3.8, 4) is 11.8 Å². The van der Waals surface area contributed by atoms with Crippen LogP contribution in [0.3, 0.4) is 0 Å². The summed E-state index contributed by atoms with van der Waals surface area (Å²) in [6.07, 6.45) is 0. The lowest BCUT2D eigenvalue weighted by molar-refractivity contribution is 0.109. The Morgan fingerprint density at radius 2 is 2.08 bits per heavy atom. The highest BCUT2D eigenvalue weighted by molar-refractivity contribution is 9.18. The summed E-state index contributed by atoms with van der Waals surface area (Å²) in [6, 6.07) is 8.40. The Kier molecular flexibility index (Phi) is 3.47. The fourth-order valence-electron chi connectivity index (χ4n) is 0.798. The minimum Gasteiger partial charge on any atom is -0.479 e. The molecule has 0 N–H and O–H groups in total. The minimum atomic E-state index is -0.167. The summed E-state index contributed by atoms with van der Waals surface area (Å²) in [4.78, 5) is 10.8. The van der Waals surface area contributed by atoms with Crippen LogP contribution in [0.5, 0.6) is 5.75 Å². The molecule has 1 aromatic rings. The molecule has 4 heteroatoms. The van der Waals surface area contributed by atoms with E-state index in [1.54, 1.807) is 24.3 Å². The van der Waals surface area contributed by atoms with E-state index in [0.717, 1.165) is 0 Å². The summed E-state index contributed by atoms with van der Waals surface area (Å²) in [5.74, 6) is 0.582. The monoisotopic (exact) mass is 239 g/mol. The van der Waals surface area contributed by atoms with Crippen LogP contribution in [0.4, 0.5) is 0 Å². The van der Waals surface area contributed by atoms with Crippen molar-refractivity contribution in [1.82, 2.24) is 0 Å². The quantitative estimate of drug-likeness (QED) is 0.760. The SMILES string of the molecule is N#CCOc1ccc(C(=O)Br)cc1. The van der Waals surface area contributed by atoms with Crippen molar-refractivity contribution in [2.24, 2.45) is 0 Å². The van der Waals surface area contributed by atoms with E-state index in [1.807, 2.05) is 6.07 Å². The van der Waals surface area contributed by atoms with E-state index >= 15 is 0 Å². The van der Waals surface area contributed by atoms with Gasteiger partial charge in [0.15, 0.2) is 6.61 Å². The van der Waals surface area contributed by atoms with Gasteiger partial charge >= 0.3 is 0 Å². The predicted octanol–water partition coefficient (Wildman–Crippen LogP) is 2.12. The molecule has 0 saturated carbocycles. The van der Waals surface area contributed by atoms with Crippen LogP contribution in [0.1, 0.15) is 10.4 Å². The molecule has 1 rings (SSSR count). The first-order valence-electron chi connectivity index (χ1n) is 3.53. The van der Waals surface area contributed by atoms with Gasteiger partial charge in [-0.15, -0.1) is 0 Å². The maximum absolute atomic E-state index is 10.8. The van der Waals surface area contributed by atoms with E-state index < -0.39 is 0 Å². The van der Waals surface area contributed by atoms with Crippen LogP contribution in [-0.4, -0.2) is 11.3 Å². The molecule has 0 fully saturated rings. The lowest BCUT2D eigenvalue weighted by atomic mass is 10.2. The van der Waals surface area contributed by atoms with Crippen molar-refractivity contribution >= 4 is 20.6 Å². The number of carbonyl (C=O) groups excluding carboxylic acids is 1. The Labute approximate surface area is 84.1 Å². The molecule has 1 aromatic carbocycles. The smallest absolute Gasteiger partial charge is 0.228 e. The van der Waals surface area contributed by atoms with Gasteiger partial charge in [-0.3, -0.25) is 4.79 Å². The highest BCUT2D eigenvalue weighted by atomic mass is 79.9. The number of nitriles is 1. The molecule has 0 unspecified atom stereocenters. The van der Waals surface area contributed by atoms with Crippen molar-refractivity contribution in [1.29, 1.82) is 5.26 Å². The third-order valence-electron chi connectivity index (χ3n) is 1.38. The molecule has 0 bridgehead atoms. The Bertz CT molecular complexity index is 340. The first kappa shape index (κ1) is 9.75. The molecular weight excluding hydrogens is 234 g/mol. The molecular formula is C9H6BrNO2. The van der Waals surface area contributed by atoms with Gasteiger partial charge in [0.25, 0.3) is 0 Å². The first-order valence-corrected chi connectivity index (χ1v) is 4.33. The van der Waals surface area contributed by atoms with Crippen molar-refractivity contribution in [3.05, 3.63) is 29.8 Å². The van der Waals surface area contributed by atoms with Crippen LogP contribution in [0.25, 0.3) is 0 Å². The van der Waals surface area contributed by atoms with E-state index in [0.29, 0.717) is 11.3 Å². The van der Waals surface area contributed by atoms with Crippen LogP contribution in [-0.2, 0) is 0 Å². The number of halogens is 1. The summed E-state index contributed by atoms with van der Waals surface area (Å²) < 4.78 is 4.83. The Hall–Kier alpha value is -1.34. The molecule has 0 atom stereocenters. The average molecular weight is 240 g/mol. The molecule has 0 radical (unpaired) electrons. The first-order chi connectivity index (χ1) is 6.24. The van der Waals surface area contributed by atoms with E-state index in [2.05, 4.69) is 15.9 Å². The molecule has 0 aliphatic rings. The van der Waals surface area contributed by atoms with Gasteiger partial charge in [0.05, 0.1) is 0 Å². The van der Waals surface area contributed by atoms with Crippen LogP contribution in [0.2, 0.25) is 0 Å². The summed E-state index contributed by atoms with van der Waals surface area (Å²) >= 11 is 2.83. The maximum atomic E-state index is 10.8. The Morgan fingerprint density at radius 1 is 1.46 bits per heavy atom. The molecule has 66 valence electrons. The molecule has 3 nitrogen and oxygen atoms in total. The summed E-state index contributed by atoms with van der Waals surface area (Å²) in [7, 11) is 0. The average Bonchev–Trinajstić information content (AvgIpc) is 2.15. The third-order valence-corrected chi connectivity index (χ3v) is 1.84. The van der Waals surface area contributed by atoms with Gasteiger partial charge in [-0.25, -0.2) is 0 Å². The van der Waals surface area contributed by atoms with Gasteiger partial charge in [-0.2, -0.15) is 5.26 Å². The second-order valence-corrected chi connectivity index (χ2v) is 2.97. The zero-order valence-electron chi connectivity index (χ0n) is 6.66. The molecule has 0 spiro atoms.